The third-order valence-corrected chi connectivity index (χ3v) is 4.53. The molecule has 8 nitrogen and oxygen atoms in total. The Kier molecular flexibility index (Phi) is 6.62. The fraction of sp³-hybridized carbons (Fsp3) is 0.400. The predicted molar refractivity (Wildman–Crippen MR) is 107 cm³/mol. The zero-order valence-electron chi connectivity index (χ0n) is 17.1. The predicted octanol–water partition coefficient (Wildman–Crippen LogP) is 3.23. The van der Waals surface area contributed by atoms with Gasteiger partial charge in [0.2, 0.25) is 5.91 Å². The summed E-state index contributed by atoms with van der Waals surface area (Å²) in [6.45, 7) is 4.15. The van der Waals surface area contributed by atoms with Gasteiger partial charge >= 0.3 is 6.18 Å². The fourth-order valence-corrected chi connectivity index (χ4v) is 3.01. The van der Waals surface area contributed by atoms with Gasteiger partial charge in [-0.15, -0.1) is 0 Å². The smallest absolute Gasteiger partial charge is 0.352 e. The van der Waals surface area contributed by atoms with Gasteiger partial charge in [0.1, 0.15) is 11.5 Å². The van der Waals surface area contributed by atoms with E-state index in [-0.39, 0.29) is 25.0 Å². The van der Waals surface area contributed by atoms with Gasteiger partial charge in [0.15, 0.2) is 0 Å². The molecule has 3 rings (SSSR count). The summed E-state index contributed by atoms with van der Waals surface area (Å²) in [6, 6.07) is 6.92. The number of aromatic amines is 1. The lowest BCUT2D eigenvalue weighted by molar-refractivity contribution is -0.144. The Labute approximate surface area is 176 Å². The first-order chi connectivity index (χ1) is 14.6. The maximum atomic E-state index is 12.4. The van der Waals surface area contributed by atoms with Crippen molar-refractivity contribution in [2.75, 3.05) is 0 Å². The molecule has 0 saturated carbocycles. The molecule has 2 amide bonds. The van der Waals surface area contributed by atoms with Crippen molar-refractivity contribution in [3.8, 4) is 0 Å². The summed E-state index contributed by atoms with van der Waals surface area (Å²) in [5, 5.41) is 9.41. The third-order valence-electron chi connectivity index (χ3n) is 4.53. The monoisotopic (exact) mass is 436 g/mol. The van der Waals surface area contributed by atoms with Crippen molar-refractivity contribution in [1.29, 1.82) is 0 Å². The number of carbonyl (C=O) groups excluding carboxylic acids is 2. The highest BCUT2D eigenvalue weighted by Crippen LogP contribution is 2.21. The SMILES string of the molecule is CC(C)n1nccc1C(=O)NCc1nc2ccc(CNC(=O)CCC(F)(F)F)cc2[nH]1. The van der Waals surface area contributed by atoms with Gasteiger partial charge in [0, 0.05) is 25.2 Å². The highest BCUT2D eigenvalue weighted by Gasteiger charge is 2.27. The Morgan fingerprint density at radius 1 is 1.16 bits per heavy atom. The lowest BCUT2D eigenvalue weighted by atomic mass is 10.2. The number of nitrogens with zero attached hydrogens (tertiary/aromatic N) is 3. The van der Waals surface area contributed by atoms with Crippen molar-refractivity contribution in [2.24, 2.45) is 0 Å². The van der Waals surface area contributed by atoms with Gasteiger partial charge in [-0.1, -0.05) is 6.07 Å². The minimum atomic E-state index is -4.35. The molecule has 31 heavy (non-hydrogen) atoms. The molecule has 0 aliphatic carbocycles. The van der Waals surface area contributed by atoms with Crippen molar-refractivity contribution < 1.29 is 22.8 Å². The first-order valence-corrected chi connectivity index (χ1v) is 9.75. The van der Waals surface area contributed by atoms with Crippen LogP contribution in [-0.4, -0.2) is 37.7 Å². The summed E-state index contributed by atoms with van der Waals surface area (Å²) in [5.74, 6) is -0.384. The number of benzene rings is 1. The molecule has 0 fully saturated rings. The molecule has 3 N–H and O–H groups in total. The standard InChI is InChI=1S/C20H23F3N6O2/c1-12(2)29-16(6-8-26-29)19(31)25-11-17-27-14-4-3-13(9-15(14)28-17)10-24-18(30)5-7-20(21,22)23/h3-4,6,8-9,12H,5,7,10-11H2,1-2H3,(H,24,30)(H,25,31)(H,27,28). The Balaban J connectivity index is 1.57. The van der Waals surface area contributed by atoms with E-state index < -0.39 is 24.9 Å². The largest absolute Gasteiger partial charge is 0.389 e. The molecule has 0 spiro atoms. The topological polar surface area (TPSA) is 105 Å². The summed E-state index contributed by atoms with van der Waals surface area (Å²) in [4.78, 5) is 31.5. The van der Waals surface area contributed by atoms with Crippen LogP contribution in [0, 0.1) is 0 Å². The maximum Gasteiger partial charge on any atom is 0.389 e. The second-order valence-electron chi connectivity index (χ2n) is 7.36. The van der Waals surface area contributed by atoms with Gasteiger partial charge in [0.05, 0.1) is 24.0 Å². The van der Waals surface area contributed by atoms with Crippen LogP contribution >= 0.6 is 0 Å². The molecule has 0 radical (unpaired) electrons. The normalized spacial score (nSPS) is 11.8. The molecule has 0 aliphatic heterocycles. The molecule has 11 heteroatoms. The maximum absolute atomic E-state index is 12.4. The van der Waals surface area contributed by atoms with E-state index in [2.05, 4.69) is 25.7 Å². The van der Waals surface area contributed by atoms with Gasteiger partial charge in [-0.2, -0.15) is 18.3 Å². The van der Waals surface area contributed by atoms with E-state index in [1.165, 1.54) is 0 Å². The minimum Gasteiger partial charge on any atom is -0.352 e. The van der Waals surface area contributed by atoms with Crippen LogP contribution in [0.5, 0.6) is 0 Å². The number of nitrogens with one attached hydrogen (secondary N) is 3. The average Bonchev–Trinajstić information content (AvgIpc) is 3.34. The molecule has 0 bridgehead atoms. The number of hydrogen-bond acceptors (Lipinski definition) is 4. The van der Waals surface area contributed by atoms with E-state index in [0.717, 1.165) is 0 Å². The summed E-state index contributed by atoms with van der Waals surface area (Å²) in [6.07, 6.45) is -4.53. The minimum absolute atomic E-state index is 0.0503. The molecule has 3 aromatic rings. The van der Waals surface area contributed by atoms with Gasteiger partial charge in [0.25, 0.3) is 5.91 Å². The Bertz CT molecular complexity index is 1070. The first-order valence-electron chi connectivity index (χ1n) is 9.75. The Morgan fingerprint density at radius 2 is 1.94 bits per heavy atom. The van der Waals surface area contributed by atoms with E-state index in [1.54, 1.807) is 35.1 Å². The van der Waals surface area contributed by atoms with Crippen LogP contribution in [0.25, 0.3) is 11.0 Å². The van der Waals surface area contributed by atoms with Crippen molar-refractivity contribution >= 4 is 22.8 Å². The summed E-state index contributed by atoms with van der Waals surface area (Å²) < 4.78 is 38.2. The van der Waals surface area contributed by atoms with Gasteiger partial charge in [-0.05, 0) is 37.6 Å². The van der Waals surface area contributed by atoms with E-state index >= 15 is 0 Å². The first kappa shape index (κ1) is 22.3. The molecule has 166 valence electrons. The molecule has 0 aliphatic rings. The summed E-state index contributed by atoms with van der Waals surface area (Å²) >= 11 is 0. The quantitative estimate of drug-likeness (QED) is 0.504. The summed E-state index contributed by atoms with van der Waals surface area (Å²) in [7, 11) is 0. The van der Waals surface area contributed by atoms with E-state index in [9.17, 15) is 22.8 Å². The molecular formula is C20H23F3N6O2. The van der Waals surface area contributed by atoms with Crippen LogP contribution in [0.4, 0.5) is 13.2 Å². The second kappa shape index (κ2) is 9.19. The number of H-pyrrole nitrogens is 1. The van der Waals surface area contributed by atoms with Gasteiger partial charge in [-0.25, -0.2) is 4.98 Å². The van der Waals surface area contributed by atoms with Crippen LogP contribution < -0.4 is 10.6 Å². The van der Waals surface area contributed by atoms with E-state index in [0.29, 0.717) is 28.1 Å². The zero-order chi connectivity index (χ0) is 22.6. The molecule has 0 atom stereocenters. The van der Waals surface area contributed by atoms with Crippen molar-refractivity contribution in [3.63, 3.8) is 0 Å². The van der Waals surface area contributed by atoms with E-state index in [1.807, 2.05) is 13.8 Å². The van der Waals surface area contributed by atoms with Crippen molar-refractivity contribution in [2.45, 2.75) is 52.0 Å². The number of hydrogen-bond donors (Lipinski definition) is 3. The van der Waals surface area contributed by atoms with Crippen LogP contribution in [0.2, 0.25) is 0 Å². The fourth-order valence-electron chi connectivity index (χ4n) is 3.01. The van der Waals surface area contributed by atoms with Crippen molar-refractivity contribution in [1.82, 2.24) is 30.4 Å². The Morgan fingerprint density at radius 3 is 2.65 bits per heavy atom. The number of aromatic nitrogens is 4. The number of amides is 2. The highest BCUT2D eigenvalue weighted by molar-refractivity contribution is 5.92. The Hall–Kier alpha value is -3.37. The molecule has 0 saturated heterocycles. The van der Waals surface area contributed by atoms with Crippen molar-refractivity contribution in [3.05, 3.63) is 47.5 Å². The summed E-state index contributed by atoms with van der Waals surface area (Å²) in [5.41, 5.74) is 2.53. The number of alkyl halides is 3. The number of halogens is 3. The lowest BCUT2D eigenvalue weighted by Gasteiger charge is -2.10. The number of carbonyl (C=O) groups is 2. The highest BCUT2D eigenvalue weighted by atomic mass is 19.4. The number of fused-ring (bicyclic) bond motifs is 1. The van der Waals surface area contributed by atoms with Gasteiger partial charge < -0.3 is 15.6 Å². The van der Waals surface area contributed by atoms with Crippen LogP contribution in [0.1, 0.15) is 54.6 Å². The van der Waals surface area contributed by atoms with Crippen LogP contribution in [-0.2, 0) is 17.9 Å². The van der Waals surface area contributed by atoms with Gasteiger partial charge in [-0.3, -0.25) is 14.3 Å². The van der Waals surface area contributed by atoms with Crippen LogP contribution in [0.3, 0.4) is 0 Å². The molecule has 2 heterocycles. The molecule has 1 aromatic carbocycles. The van der Waals surface area contributed by atoms with E-state index in [4.69, 9.17) is 0 Å². The van der Waals surface area contributed by atoms with Crippen LogP contribution in [0.15, 0.2) is 30.5 Å². The molecular weight excluding hydrogens is 413 g/mol. The number of imidazole rings is 1. The lowest BCUT2D eigenvalue weighted by Crippen LogP contribution is -2.26. The average molecular weight is 436 g/mol. The third kappa shape index (κ3) is 6.06. The molecule has 2 aromatic heterocycles. The number of rotatable bonds is 8. The zero-order valence-corrected chi connectivity index (χ0v) is 17.1. The molecule has 0 unspecified atom stereocenters. The second-order valence-corrected chi connectivity index (χ2v) is 7.36.